The van der Waals surface area contributed by atoms with Crippen LogP contribution in [0.5, 0.6) is 0 Å². The Balaban J connectivity index is 2.46. The molecule has 2 aromatic rings. The molecular weight excluding hydrogens is 221 g/mol. The van der Waals surface area contributed by atoms with Crippen molar-refractivity contribution in [3.8, 4) is 11.3 Å². The maximum Gasteiger partial charge on any atom is 0.337 e. The lowest BCUT2D eigenvalue weighted by Crippen LogP contribution is -1.99. The predicted molar refractivity (Wildman–Crippen MR) is 61.3 cm³/mol. The minimum absolute atomic E-state index is 0.147. The first kappa shape index (κ1) is 11.3. The molecule has 0 aliphatic carbocycles. The van der Waals surface area contributed by atoms with Gasteiger partial charge in [0.25, 0.3) is 0 Å². The summed E-state index contributed by atoms with van der Waals surface area (Å²) in [5.74, 6) is -1.32. The summed E-state index contributed by atoms with van der Waals surface area (Å²) in [7, 11) is 0. The van der Waals surface area contributed by atoms with Gasteiger partial charge in [0.1, 0.15) is 5.82 Å². The van der Waals surface area contributed by atoms with Crippen LogP contribution in [0.15, 0.2) is 36.5 Å². The Morgan fingerprint density at radius 3 is 2.47 bits per heavy atom. The molecule has 0 aliphatic heterocycles. The second kappa shape index (κ2) is 4.33. The number of aromatic carboxylic acids is 1. The standard InChI is InChI=1S/C13H10FNO2/c1-8-6-10(13(16)17)7-15-12(8)9-2-4-11(14)5-3-9/h2-7H,1H3,(H,16,17). The van der Waals surface area contributed by atoms with Crippen LogP contribution in [-0.2, 0) is 0 Å². The number of nitrogens with zero attached hydrogens (tertiary/aromatic N) is 1. The summed E-state index contributed by atoms with van der Waals surface area (Å²) in [6, 6.07) is 7.48. The molecule has 1 N–H and O–H groups in total. The fourth-order valence-electron chi connectivity index (χ4n) is 1.60. The fraction of sp³-hybridized carbons (Fsp3) is 0.0769. The van der Waals surface area contributed by atoms with Gasteiger partial charge in [-0.05, 0) is 42.8 Å². The third-order valence-electron chi connectivity index (χ3n) is 2.44. The first-order chi connectivity index (χ1) is 8.08. The largest absolute Gasteiger partial charge is 0.478 e. The number of benzene rings is 1. The summed E-state index contributed by atoms with van der Waals surface area (Å²) in [5.41, 5.74) is 2.32. The van der Waals surface area contributed by atoms with Crippen LogP contribution in [0.25, 0.3) is 11.3 Å². The number of hydrogen-bond donors (Lipinski definition) is 1. The fourth-order valence-corrected chi connectivity index (χ4v) is 1.60. The van der Waals surface area contributed by atoms with Crippen molar-refractivity contribution in [2.24, 2.45) is 0 Å². The lowest BCUT2D eigenvalue weighted by Gasteiger charge is -2.05. The molecule has 0 unspecified atom stereocenters. The van der Waals surface area contributed by atoms with Crippen molar-refractivity contribution in [3.05, 3.63) is 53.5 Å². The Kier molecular flexibility index (Phi) is 2.87. The molecule has 0 saturated heterocycles. The highest BCUT2D eigenvalue weighted by Crippen LogP contribution is 2.21. The highest BCUT2D eigenvalue weighted by atomic mass is 19.1. The van der Waals surface area contributed by atoms with E-state index in [9.17, 15) is 9.18 Å². The molecule has 0 amide bonds. The minimum Gasteiger partial charge on any atom is -0.478 e. The van der Waals surface area contributed by atoms with Gasteiger partial charge in [-0.25, -0.2) is 9.18 Å². The number of aryl methyl sites for hydroxylation is 1. The zero-order valence-electron chi connectivity index (χ0n) is 9.14. The van der Waals surface area contributed by atoms with E-state index >= 15 is 0 Å². The number of hydrogen-bond acceptors (Lipinski definition) is 2. The number of carbonyl (C=O) groups is 1. The molecule has 0 aliphatic rings. The lowest BCUT2D eigenvalue weighted by atomic mass is 10.1. The van der Waals surface area contributed by atoms with Gasteiger partial charge in [0.05, 0.1) is 11.3 Å². The van der Waals surface area contributed by atoms with Crippen LogP contribution in [-0.4, -0.2) is 16.1 Å². The molecule has 0 saturated carbocycles. The minimum atomic E-state index is -1.01. The van der Waals surface area contributed by atoms with E-state index in [0.717, 1.165) is 11.1 Å². The van der Waals surface area contributed by atoms with Gasteiger partial charge in [-0.15, -0.1) is 0 Å². The molecule has 0 fully saturated rings. The Morgan fingerprint density at radius 2 is 1.94 bits per heavy atom. The molecule has 0 spiro atoms. The average Bonchev–Trinajstić information content (AvgIpc) is 2.30. The quantitative estimate of drug-likeness (QED) is 0.864. The molecule has 4 heteroatoms. The number of carboxylic acid groups (broad SMARTS) is 1. The van der Waals surface area contributed by atoms with Gasteiger partial charge in [-0.3, -0.25) is 4.98 Å². The van der Waals surface area contributed by atoms with Crippen molar-refractivity contribution in [1.82, 2.24) is 4.98 Å². The molecule has 0 radical (unpaired) electrons. The summed E-state index contributed by atoms with van der Waals surface area (Å²) in [6.45, 7) is 1.78. The highest BCUT2D eigenvalue weighted by molar-refractivity contribution is 5.88. The molecule has 86 valence electrons. The van der Waals surface area contributed by atoms with Gasteiger partial charge in [0.15, 0.2) is 0 Å². The molecular formula is C13H10FNO2. The summed E-state index contributed by atoms with van der Waals surface area (Å²) < 4.78 is 12.8. The first-order valence-electron chi connectivity index (χ1n) is 5.04. The molecule has 17 heavy (non-hydrogen) atoms. The molecule has 1 aromatic carbocycles. The van der Waals surface area contributed by atoms with Crippen LogP contribution in [0.2, 0.25) is 0 Å². The predicted octanol–water partition coefficient (Wildman–Crippen LogP) is 2.89. The maximum absolute atomic E-state index is 12.8. The van der Waals surface area contributed by atoms with E-state index in [2.05, 4.69) is 4.98 Å². The summed E-state index contributed by atoms with van der Waals surface area (Å²) in [4.78, 5) is 14.9. The normalized spacial score (nSPS) is 10.2. The van der Waals surface area contributed by atoms with Crippen LogP contribution >= 0.6 is 0 Å². The maximum atomic E-state index is 12.8. The van der Waals surface area contributed by atoms with Gasteiger partial charge in [-0.2, -0.15) is 0 Å². The number of halogens is 1. The van der Waals surface area contributed by atoms with Crippen molar-refractivity contribution < 1.29 is 14.3 Å². The van der Waals surface area contributed by atoms with Crippen molar-refractivity contribution >= 4 is 5.97 Å². The van der Waals surface area contributed by atoms with Crippen LogP contribution < -0.4 is 0 Å². The Morgan fingerprint density at radius 1 is 1.29 bits per heavy atom. The van der Waals surface area contributed by atoms with E-state index in [1.54, 1.807) is 25.1 Å². The van der Waals surface area contributed by atoms with Crippen LogP contribution in [0.1, 0.15) is 15.9 Å². The number of pyridine rings is 1. The van der Waals surface area contributed by atoms with E-state index in [1.165, 1.54) is 18.3 Å². The van der Waals surface area contributed by atoms with Crippen LogP contribution in [0, 0.1) is 12.7 Å². The smallest absolute Gasteiger partial charge is 0.337 e. The van der Waals surface area contributed by atoms with E-state index < -0.39 is 5.97 Å². The second-order valence-electron chi connectivity index (χ2n) is 3.70. The number of rotatable bonds is 2. The molecule has 0 atom stereocenters. The van der Waals surface area contributed by atoms with Gasteiger partial charge >= 0.3 is 5.97 Å². The average molecular weight is 231 g/mol. The summed E-state index contributed by atoms with van der Waals surface area (Å²) in [5, 5.41) is 8.82. The van der Waals surface area contributed by atoms with Crippen LogP contribution in [0.3, 0.4) is 0 Å². The Labute approximate surface area is 97.6 Å². The summed E-state index contributed by atoms with van der Waals surface area (Å²) >= 11 is 0. The number of aromatic nitrogens is 1. The van der Waals surface area contributed by atoms with E-state index in [1.807, 2.05) is 0 Å². The zero-order chi connectivity index (χ0) is 12.4. The van der Waals surface area contributed by atoms with E-state index in [4.69, 9.17) is 5.11 Å². The Bertz CT molecular complexity index is 564. The molecule has 3 nitrogen and oxygen atoms in total. The topological polar surface area (TPSA) is 50.2 Å². The molecule has 0 bridgehead atoms. The van der Waals surface area contributed by atoms with Gasteiger partial charge in [-0.1, -0.05) is 0 Å². The third-order valence-corrected chi connectivity index (χ3v) is 2.44. The lowest BCUT2D eigenvalue weighted by molar-refractivity contribution is 0.0696. The summed E-state index contributed by atoms with van der Waals surface area (Å²) in [6.07, 6.45) is 1.30. The second-order valence-corrected chi connectivity index (χ2v) is 3.70. The van der Waals surface area contributed by atoms with Crippen molar-refractivity contribution in [2.75, 3.05) is 0 Å². The van der Waals surface area contributed by atoms with Crippen LogP contribution in [0.4, 0.5) is 4.39 Å². The molecule has 2 rings (SSSR count). The monoisotopic (exact) mass is 231 g/mol. The van der Waals surface area contributed by atoms with Gasteiger partial charge in [0, 0.05) is 11.8 Å². The van der Waals surface area contributed by atoms with Gasteiger partial charge in [0.2, 0.25) is 0 Å². The Hall–Kier alpha value is -2.23. The third kappa shape index (κ3) is 2.30. The molecule has 1 heterocycles. The highest BCUT2D eigenvalue weighted by Gasteiger charge is 2.08. The first-order valence-corrected chi connectivity index (χ1v) is 5.04. The van der Waals surface area contributed by atoms with Gasteiger partial charge < -0.3 is 5.11 Å². The van der Waals surface area contributed by atoms with Crippen molar-refractivity contribution in [1.29, 1.82) is 0 Å². The molecule has 1 aromatic heterocycles. The zero-order valence-corrected chi connectivity index (χ0v) is 9.14. The van der Waals surface area contributed by atoms with Crippen molar-refractivity contribution in [3.63, 3.8) is 0 Å². The SMILES string of the molecule is Cc1cc(C(=O)O)cnc1-c1ccc(F)cc1. The van der Waals surface area contributed by atoms with Crippen molar-refractivity contribution in [2.45, 2.75) is 6.92 Å². The van der Waals surface area contributed by atoms with E-state index in [-0.39, 0.29) is 11.4 Å². The van der Waals surface area contributed by atoms with E-state index in [0.29, 0.717) is 5.69 Å². The number of carboxylic acids is 1.